The summed E-state index contributed by atoms with van der Waals surface area (Å²) in [6, 6.07) is 3.74. The highest BCUT2D eigenvalue weighted by atomic mass is 32.2. The molecular formula is C18H21N2O5S2-. The Morgan fingerprint density at radius 2 is 1.81 bits per heavy atom. The van der Waals surface area contributed by atoms with E-state index in [2.05, 4.69) is 4.99 Å². The molecule has 0 N–H and O–H groups in total. The molecule has 1 aromatic carbocycles. The van der Waals surface area contributed by atoms with Crippen molar-refractivity contribution in [2.24, 2.45) is 4.99 Å². The number of amidine groups is 1. The highest BCUT2D eigenvalue weighted by Crippen LogP contribution is 2.43. The number of amides is 1. The van der Waals surface area contributed by atoms with Gasteiger partial charge in [0.05, 0.1) is 17.5 Å². The molecule has 0 aliphatic carbocycles. The van der Waals surface area contributed by atoms with E-state index in [0.29, 0.717) is 5.17 Å². The number of aliphatic imine (C=N–C) groups is 1. The number of thioether (sulfide) groups is 1. The number of hydrogen-bond donors (Lipinski definition) is 0. The molecule has 0 spiro atoms. The Bertz CT molecular complexity index is 916. The first-order chi connectivity index (χ1) is 12.6. The van der Waals surface area contributed by atoms with E-state index in [1.807, 2.05) is 37.8 Å². The highest BCUT2D eigenvalue weighted by molar-refractivity contribution is 8.16. The van der Waals surface area contributed by atoms with Gasteiger partial charge in [-0.1, -0.05) is 29.5 Å². The van der Waals surface area contributed by atoms with Crippen LogP contribution in [0.2, 0.25) is 0 Å². The average Bonchev–Trinajstić information content (AvgIpc) is 2.97. The Morgan fingerprint density at radius 1 is 1.19 bits per heavy atom. The predicted molar refractivity (Wildman–Crippen MR) is 104 cm³/mol. The number of carbonyl (C=O) groups is 2. The molecule has 2 aliphatic rings. The summed E-state index contributed by atoms with van der Waals surface area (Å²) in [5.74, 6) is -1.77. The lowest BCUT2D eigenvalue weighted by molar-refractivity contribution is -0.305. The second kappa shape index (κ2) is 7.27. The SMILES string of the molecule is Cc1cc(C)c(N2C(=NC(=O)CCC(=O)[O-])S[C@H]3CS(=O)(=O)C[C@@H]32)c(C)c1. The van der Waals surface area contributed by atoms with E-state index < -0.39 is 21.7 Å². The summed E-state index contributed by atoms with van der Waals surface area (Å²) in [4.78, 5) is 28.7. The molecule has 0 saturated carbocycles. The van der Waals surface area contributed by atoms with Crippen LogP contribution in [-0.2, 0) is 19.4 Å². The van der Waals surface area contributed by atoms with Gasteiger partial charge in [-0.25, -0.2) is 8.42 Å². The number of benzene rings is 1. The van der Waals surface area contributed by atoms with Crippen molar-refractivity contribution in [1.82, 2.24) is 0 Å². The minimum absolute atomic E-state index is 0.0175. The van der Waals surface area contributed by atoms with E-state index in [0.717, 1.165) is 22.4 Å². The highest BCUT2D eigenvalue weighted by Gasteiger charge is 2.49. The van der Waals surface area contributed by atoms with Gasteiger partial charge in [0, 0.05) is 23.3 Å². The van der Waals surface area contributed by atoms with Crippen molar-refractivity contribution in [3.63, 3.8) is 0 Å². The molecule has 1 amide bonds. The maximum Gasteiger partial charge on any atom is 0.248 e. The van der Waals surface area contributed by atoms with Gasteiger partial charge < -0.3 is 14.8 Å². The number of anilines is 1. The molecule has 2 saturated heterocycles. The van der Waals surface area contributed by atoms with Crippen molar-refractivity contribution in [2.75, 3.05) is 16.4 Å². The van der Waals surface area contributed by atoms with Crippen molar-refractivity contribution < 1.29 is 23.1 Å². The maximum atomic E-state index is 12.1. The number of aliphatic carboxylic acids is 1. The van der Waals surface area contributed by atoms with Crippen molar-refractivity contribution in [3.05, 3.63) is 28.8 Å². The number of sulfone groups is 1. The van der Waals surface area contributed by atoms with Gasteiger partial charge in [0.25, 0.3) is 0 Å². The molecule has 2 fully saturated rings. The van der Waals surface area contributed by atoms with Gasteiger partial charge in [0.15, 0.2) is 15.0 Å². The number of nitrogens with zero attached hydrogens (tertiary/aromatic N) is 2. The van der Waals surface area contributed by atoms with Crippen LogP contribution < -0.4 is 10.0 Å². The molecule has 0 aromatic heterocycles. The molecule has 0 radical (unpaired) electrons. The zero-order valence-corrected chi connectivity index (χ0v) is 17.0. The topological polar surface area (TPSA) is 107 Å². The van der Waals surface area contributed by atoms with E-state index in [-0.39, 0.29) is 35.6 Å². The lowest BCUT2D eigenvalue weighted by Gasteiger charge is -2.28. The summed E-state index contributed by atoms with van der Waals surface area (Å²) in [5.41, 5.74) is 3.92. The zero-order chi connectivity index (χ0) is 19.9. The van der Waals surface area contributed by atoms with Crippen LogP contribution >= 0.6 is 11.8 Å². The van der Waals surface area contributed by atoms with Crippen LogP contribution in [0.4, 0.5) is 5.69 Å². The Morgan fingerprint density at radius 3 is 2.41 bits per heavy atom. The van der Waals surface area contributed by atoms with E-state index >= 15 is 0 Å². The fourth-order valence-electron chi connectivity index (χ4n) is 3.75. The molecule has 146 valence electrons. The summed E-state index contributed by atoms with van der Waals surface area (Å²) < 4.78 is 24.3. The van der Waals surface area contributed by atoms with Crippen molar-refractivity contribution in [3.8, 4) is 0 Å². The summed E-state index contributed by atoms with van der Waals surface area (Å²) in [6.07, 6.45) is -0.621. The van der Waals surface area contributed by atoms with Gasteiger partial charge in [-0.3, -0.25) is 4.79 Å². The van der Waals surface area contributed by atoms with Crippen molar-refractivity contribution in [2.45, 2.75) is 44.9 Å². The van der Waals surface area contributed by atoms with E-state index in [4.69, 9.17) is 0 Å². The molecule has 2 heterocycles. The lowest BCUT2D eigenvalue weighted by Crippen LogP contribution is -2.38. The van der Waals surface area contributed by atoms with Crippen molar-refractivity contribution >= 4 is 44.3 Å². The quantitative estimate of drug-likeness (QED) is 0.722. The number of hydrogen-bond acceptors (Lipinski definition) is 6. The van der Waals surface area contributed by atoms with E-state index in [1.165, 1.54) is 11.8 Å². The summed E-state index contributed by atoms with van der Waals surface area (Å²) in [7, 11) is -3.14. The Labute approximate surface area is 162 Å². The molecule has 2 atom stereocenters. The van der Waals surface area contributed by atoms with Gasteiger partial charge >= 0.3 is 0 Å². The van der Waals surface area contributed by atoms with Crippen LogP contribution in [0.15, 0.2) is 17.1 Å². The Kier molecular flexibility index (Phi) is 5.36. The second-order valence-corrected chi connectivity index (χ2v) is 10.4. The molecule has 7 nitrogen and oxygen atoms in total. The number of fused-ring (bicyclic) bond motifs is 1. The minimum atomic E-state index is -3.14. The predicted octanol–water partition coefficient (Wildman–Crippen LogP) is 0.743. The van der Waals surface area contributed by atoms with Gasteiger partial charge in [0.1, 0.15) is 0 Å². The molecule has 2 aliphatic heterocycles. The maximum absolute atomic E-state index is 12.1. The van der Waals surface area contributed by atoms with Gasteiger partial charge in [0.2, 0.25) is 5.91 Å². The molecule has 0 bridgehead atoms. The fraction of sp³-hybridized carbons (Fsp3) is 0.500. The van der Waals surface area contributed by atoms with Crippen LogP contribution in [0.5, 0.6) is 0 Å². The van der Waals surface area contributed by atoms with Crippen LogP contribution in [0.25, 0.3) is 0 Å². The molecule has 1 aromatic rings. The molecule has 0 unspecified atom stereocenters. The molecule has 3 rings (SSSR count). The first-order valence-electron chi connectivity index (χ1n) is 8.63. The molecule has 9 heteroatoms. The van der Waals surface area contributed by atoms with Gasteiger partial charge in [-0.15, -0.1) is 0 Å². The summed E-state index contributed by atoms with van der Waals surface area (Å²) >= 11 is 1.28. The number of carboxylic acids is 1. The zero-order valence-electron chi connectivity index (χ0n) is 15.4. The Balaban J connectivity index is 2.02. The second-order valence-electron chi connectivity index (χ2n) is 7.08. The summed E-state index contributed by atoms with van der Waals surface area (Å²) in [5, 5.41) is 10.8. The van der Waals surface area contributed by atoms with Crippen LogP contribution in [0, 0.1) is 20.8 Å². The van der Waals surface area contributed by atoms with E-state index in [9.17, 15) is 23.1 Å². The third-order valence-corrected chi connectivity index (χ3v) is 7.92. The number of carboxylic acid groups (broad SMARTS) is 1. The molecular weight excluding hydrogens is 388 g/mol. The normalized spacial score (nSPS) is 25.0. The first-order valence-corrected chi connectivity index (χ1v) is 11.3. The summed E-state index contributed by atoms with van der Waals surface area (Å²) in [6.45, 7) is 5.89. The average molecular weight is 410 g/mol. The smallest absolute Gasteiger partial charge is 0.248 e. The third-order valence-electron chi connectivity index (χ3n) is 4.71. The van der Waals surface area contributed by atoms with Gasteiger partial charge in [-0.05, 0) is 38.3 Å². The van der Waals surface area contributed by atoms with Gasteiger partial charge in [-0.2, -0.15) is 4.99 Å². The largest absolute Gasteiger partial charge is 0.550 e. The van der Waals surface area contributed by atoms with Crippen LogP contribution in [0.3, 0.4) is 0 Å². The van der Waals surface area contributed by atoms with Crippen LogP contribution in [0.1, 0.15) is 29.5 Å². The number of carbonyl (C=O) groups excluding carboxylic acids is 2. The molecule has 27 heavy (non-hydrogen) atoms. The van der Waals surface area contributed by atoms with Crippen LogP contribution in [-0.4, -0.2) is 48.3 Å². The van der Waals surface area contributed by atoms with Crippen molar-refractivity contribution in [1.29, 1.82) is 0 Å². The first kappa shape index (κ1) is 19.9. The van der Waals surface area contributed by atoms with E-state index in [1.54, 1.807) is 0 Å². The standard InChI is InChI=1S/C18H22N2O5S2/c1-10-6-11(2)17(12(3)7-10)20-13-8-27(24,25)9-14(13)26-18(20)19-15(21)4-5-16(22)23/h6-7,13-14H,4-5,8-9H2,1-3H3,(H,22,23)/p-1/t13-,14-/m0/s1. The third kappa shape index (κ3) is 4.19. The minimum Gasteiger partial charge on any atom is -0.550 e. The Hall–Kier alpha value is -1.87. The lowest BCUT2D eigenvalue weighted by atomic mass is 10.0. The number of rotatable bonds is 4. The fourth-order valence-corrected chi connectivity index (χ4v) is 7.67. The monoisotopic (exact) mass is 409 g/mol. The number of aryl methyl sites for hydroxylation is 3.